The molecule has 110 valence electrons. The smallest absolute Gasteiger partial charge is 0.335 e. The third-order valence-electron chi connectivity index (χ3n) is 2.83. The summed E-state index contributed by atoms with van der Waals surface area (Å²) in [7, 11) is 1.42. The van der Waals surface area contributed by atoms with Crippen LogP contribution in [0.2, 0.25) is 0 Å². The number of hydrogen-bond acceptors (Lipinski definition) is 3. The number of methoxy groups -OCH3 is 1. The van der Waals surface area contributed by atoms with E-state index in [1.54, 1.807) is 12.1 Å². The summed E-state index contributed by atoms with van der Waals surface area (Å²) in [6, 6.07) is 8.96. The van der Waals surface area contributed by atoms with E-state index in [0.717, 1.165) is 0 Å². The van der Waals surface area contributed by atoms with Crippen molar-refractivity contribution < 1.29 is 23.8 Å². The van der Waals surface area contributed by atoms with E-state index in [-0.39, 0.29) is 18.0 Å². The summed E-state index contributed by atoms with van der Waals surface area (Å²) in [4.78, 5) is 10.9. The molecule has 0 aliphatic heterocycles. The van der Waals surface area contributed by atoms with Crippen molar-refractivity contribution in [1.82, 2.24) is 0 Å². The molecule has 21 heavy (non-hydrogen) atoms. The lowest BCUT2D eigenvalue weighted by molar-refractivity contribution is 0.0696. The van der Waals surface area contributed by atoms with Gasteiger partial charge in [0.05, 0.1) is 17.1 Å². The molecule has 2 aromatic carbocycles. The molecule has 0 aliphatic rings. The van der Waals surface area contributed by atoms with Gasteiger partial charge in [-0.2, -0.15) is 0 Å². The fourth-order valence-electron chi connectivity index (χ4n) is 1.74. The number of benzene rings is 2. The second-order valence-corrected chi connectivity index (χ2v) is 4.97. The molecule has 0 saturated carbocycles. The molecule has 0 saturated heterocycles. The standard InChI is InChI=1S/C15H12BrFO4/c1-20-13-7-9(15(18)19)5-6-12(13)21-8-10-3-2-4-11(17)14(10)16/h2-7H,8H2,1H3,(H,18,19). The molecule has 0 radical (unpaired) electrons. The van der Waals surface area contributed by atoms with Gasteiger partial charge in [-0.1, -0.05) is 12.1 Å². The van der Waals surface area contributed by atoms with Crippen molar-refractivity contribution >= 4 is 21.9 Å². The number of ether oxygens (including phenoxy) is 2. The largest absolute Gasteiger partial charge is 0.493 e. The minimum absolute atomic E-state index is 0.103. The Morgan fingerprint density at radius 1 is 1.29 bits per heavy atom. The Balaban J connectivity index is 2.20. The molecule has 2 rings (SSSR count). The average Bonchev–Trinajstić information content (AvgIpc) is 2.48. The predicted octanol–water partition coefficient (Wildman–Crippen LogP) is 3.87. The molecule has 0 aliphatic carbocycles. The number of halogens is 2. The van der Waals surface area contributed by atoms with Crippen molar-refractivity contribution in [3.05, 3.63) is 57.8 Å². The summed E-state index contributed by atoms with van der Waals surface area (Å²) >= 11 is 3.16. The molecule has 1 N–H and O–H groups in total. The first-order chi connectivity index (χ1) is 10.0. The Morgan fingerprint density at radius 3 is 2.71 bits per heavy atom. The van der Waals surface area contributed by atoms with E-state index in [2.05, 4.69) is 15.9 Å². The van der Waals surface area contributed by atoms with Crippen LogP contribution in [0.3, 0.4) is 0 Å². The number of aromatic carboxylic acids is 1. The van der Waals surface area contributed by atoms with Gasteiger partial charge in [0.25, 0.3) is 0 Å². The van der Waals surface area contributed by atoms with Crippen molar-refractivity contribution in [3.63, 3.8) is 0 Å². The maximum atomic E-state index is 13.4. The van der Waals surface area contributed by atoms with Gasteiger partial charge in [0.15, 0.2) is 11.5 Å². The Kier molecular flexibility index (Phi) is 4.80. The van der Waals surface area contributed by atoms with Crippen molar-refractivity contribution in [2.24, 2.45) is 0 Å². The van der Waals surface area contributed by atoms with Gasteiger partial charge < -0.3 is 14.6 Å². The van der Waals surface area contributed by atoms with Gasteiger partial charge in [0, 0.05) is 5.56 Å². The van der Waals surface area contributed by atoms with E-state index >= 15 is 0 Å². The third-order valence-corrected chi connectivity index (χ3v) is 3.71. The van der Waals surface area contributed by atoms with Crippen LogP contribution in [0.5, 0.6) is 11.5 Å². The molecule has 0 bridgehead atoms. The first-order valence-electron chi connectivity index (χ1n) is 6.00. The van der Waals surface area contributed by atoms with Crippen LogP contribution in [-0.2, 0) is 6.61 Å². The number of carboxylic acid groups (broad SMARTS) is 1. The van der Waals surface area contributed by atoms with Crippen molar-refractivity contribution in [3.8, 4) is 11.5 Å². The first-order valence-corrected chi connectivity index (χ1v) is 6.79. The summed E-state index contributed by atoms with van der Waals surface area (Å²) < 4.78 is 24.4. The number of carbonyl (C=O) groups is 1. The lowest BCUT2D eigenvalue weighted by atomic mass is 10.2. The summed E-state index contributed by atoms with van der Waals surface area (Å²) in [5, 5.41) is 8.93. The summed E-state index contributed by atoms with van der Waals surface area (Å²) in [6.07, 6.45) is 0. The van der Waals surface area contributed by atoms with E-state index in [9.17, 15) is 9.18 Å². The number of rotatable bonds is 5. The molecule has 4 nitrogen and oxygen atoms in total. The van der Waals surface area contributed by atoms with Gasteiger partial charge >= 0.3 is 5.97 Å². The molecule has 0 aromatic heterocycles. The molecular weight excluding hydrogens is 343 g/mol. The van der Waals surface area contributed by atoms with E-state index in [4.69, 9.17) is 14.6 Å². The molecule has 2 aromatic rings. The van der Waals surface area contributed by atoms with Crippen molar-refractivity contribution in [2.45, 2.75) is 6.61 Å². The summed E-state index contributed by atoms with van der Waals surface area (Å²) in [6.45, 7) is 0.126. The minimum atomic E-state index is -1.05. The van der Waals surface area contributed by atoms with Crippen LogP contribution in [0, 0.1) is 5.82 Å². The zero-order valence-corrected chi connectivity index (χ0v) is 12.7. The first kappa shape index (κ1) is 15.3. The molecular formula is C15H12BrFO4. The SMILES string of the molecule is COc1cc(C(=O)O)ccc1OCc1cccc(F)c1Br. The van der Waals surface area contributed by atoms with Crippen molar-refractivity contribution in [2.75, 3.05) is 7.11 Å². The van der Waals surface area contributed by atoms with Crippen LogP contribution < -0.4 is 9.47 Å². The topological polar surface area (TPSA) is 55.8 Å². The number of hydrogen-bond donors (Lipinski definition) is 1. The maximum Gasteiger partial charge on any atom is 0.335 e. The lowest BCUT2D eigenvalue weighted by Gasteiger charge is -2.12. The normalized spacial score (nSPS) is 10.2. The highest BCUT2D eigenvalue weighted by Crippen LogP contribution is 2.30. The maximum absolute atomic E-state index is 13.4. The monoisotopic (exact) mass is 354 g/mol. The molecule has 0 atom stereocenters. The van der Waals surface area contributed by atoms with Gasteiger partial charge in [-0.15, -0.1) is 0 Å². The Bertz CT molecular complexity index is 673. The van der Waals surface area contributed by atoms with E-state index in [0.29, 0.717) is 21.5 Å². The van der Waals surface area contributed by atoms with Crippen LogP contribution in [-0.4, -0.2) is 18.2 Å². The number of carboxylic acids is 1. The Hall–Kier alpha value is -2.08. The molecule has 0 fully saturated rings. The van der Waals surface area contributed by atoms with Crippen LogP contribution in [0.15, 0.2) is 40.9 Å². The zero-order chi connectivity index (χ0) is 15.4. The minimum Gasteiger partial charge on any atom is -0.493 e. The molecule has 6 heteroatoms. The van der Waals surface area contributed by atoms with Gasteiger partial charge in [-0.05, 0) is 40.2 Å². The lowest BCUT2D eigenvalue weighted by Crippen LogP contribution is -2.02. The Labute approximate surface area is 129 Å². The molecule has 0 spiro atoms. The molecule has 0 heterocycles. The second-order valence-electron chi connectivity index (χ2n) is 4.17. The summed E-state index contributed by atoms with van der Waals surface area (Å²) in [5.41, 5.74) is 0.741. The predicted molar refractivity (Wildman–Crippen MR) is 78.4 cm³/mol. The van der Waals surface area contributed by atoms with Crippen LogP contribution in [0.1, 0.15) is 15.9 Å². The Morgan fingerprint density at radius 2 is 2.05 bits per heavy atom. The molecule has 0 unspecified atom stereocenters. The zero-order valence-electron chi connectivity index (χ0n) is 11.1. The average molecular weight is 355 g/mol. The van der Waals surface area contributed by atoms with Gasteiger partial charge in [0.1, 0.15) is 12.4 Å². The fraction of sp³-hybridized carbons (Fsp3) is 0.133. The highest BCUT2D eigenvalue weighted by atomic mass is 79.9. The second kappa shape index (κ2) is 6.58. The highest BCUT2D eigenvalue weighted by molar-refractivity contribution is 9.10. The van der Waals surface area contributed by atoms with Gasteiger partial charge in [0.2, 0.25) is 0 Å². The van der Waals surface area contributed by atoms with Crippen LogP contribution in [0.25, 0.3) is 0 Å². The van der Waals surface area contributed by atoms with Crippen molar-refractivity contribution in [1.29, 1.82) is 0 Å². The van der Waals surface area contributed by atoms with Crippen LogP contribution >= 0.6 is 15.9 Å². The molecule has 0 amide bonds. The van der Waals surface area contributed by atoms with Gasteiger partial charge in [-0.3, -0.25) is 0 Å². The quantitative estimate of drug-likeness (QED) is 0.885. The van der Waals surface area contributed by atoms with Gasteiger partial charge in [-0.25, -0.2) is 9.18 Å². The van der Waals surface area contributed by atoms with E-state index in [1.165, 1.54) is 31.4 Å². The van der Waals surface area contributed by atoms with Crippen LogP contribution in [0.4, 0.5) is 4.39 Å². The third kappa shape index (κ3) is 3.52. The highest BCUT2D eigenvalue weighted by Gasteiger charge is 2.11. The van der Waals surface area contributed by atoms with E-state index in [1.807, 2.05) is 0 Å². The summed E-state index contributed by atoms with van der Waals surface area (Å²) in [5.74, 6) is -0.724. The fourth-order valence-corrected chi connectivity index (χ4v) is 2.11. The van der Waals surface area contributed by atoms with E-state index < -0.39 is 5.97 Å².